The molecule has 1 aliphatic carbocycles. The van der Waals surface area contributed by atoms with E-state index in [4.69, 9.17) is 0 Å². The highest BCUT2D eigenvalue weighted by molar-refractivity contribution is 5.83. The van der Waals surface area contributed by atoms with E-state index in [0.29, 0.717) is 5.56 Å². The Morgan fingerprint density at radius 2 is 2.00 bits per heavy atom. The van der Waals surface area contributed by atoms with Gasteiger partial charge in [0.2, 0.25) is 5.91 Å². The molecule has 0 aliphatic heterocycles. The fraction of sp³-hybridized carbons (Fsp3) is 0.429. The zero-order chi connectivity index (χ0) is 12.8. The van der Waals surface area contributed by atoms with Crippen LogP contribution in [0, 0.1) is 11.7 Å². The van der Waals surface area contributed by atoms with Gasteiger partial charge in [-0.1, -0.05) is 37.5 Å². The van der Waals surface area contributed by atoms with Crippen LogP contribution in [0.5, 0.6) is 0 Å². The van der Waals surface area contributed by atoms with Crippen molar-refractivity contribution in [1.29, 1.82) is 0 Å². The van der Waals surface area contributed by atoms with Crippen LogP contribution in [0.3, 0.4) is 0 Å². The number of carbonyl (C=O) groups is 1. The van der Waals surface area contributed by atoms with Gasteiger partial charge in [0.1, 0.15) is 5.82 Å². The van der Waals surface area contributed by atoms with Gasteiger partial charge >= 0.3 is 0 Å². The van der Waals surface area contributed by atoms with Crippen molar-refractivity contribution < 1.29 is 9.18 Å². The lowest BCUT2D eigenvalue weighted by Crippen LogP contribution is -2.28. The molecule has 1 saturated carbocycles. The predicted molar refractivity (Wildman–Crippen MR) is 68.7 cm³/mol. The van der Waals surface area contributed by atoms with E-state index in [-0.39, 0.29) is 17.6 Å². The first-order valence-corrected chi connectivity index (χ1v) is 6.35. The summed E-state index contributed by atoms with van der Waals surface area (Å²) in [5.41, 5.74) is 2.87. The minimum atomic E-state index is -0.340. The molecule has 4 heteroatoms. The van der Waals surface area contributed by atoms with Gasteiger partial charge in [-0.15, -0.1) is 0 Å². The number of hydrogen-bond acceptors (Lipinski definition) is 2. The largest absolute Gasteiger partial charge is 0.273 e. The number of rotatable bonds is 3. The fourth-order valence-electron chi connectivity index (χ4n) is 2.20. The number of benzene rings is 1. The average molecular weight is 248 g/mol. The van der Waals surface area contributed by atoms with Crippen LogP contribution in [-0.2, 0) is 4.79 Å². The number of nitrogens with zero attached hydrogens (tertiary/aromatic N) is 1. The molecule has 0 spiro atoms. The summed E-state index contributed by atoms with van der Waals surface area (Å²) in [7, 11) is 0. The van der Waals surface area contributed by atoms with Gasteiger partial charge < -0.3 is 0 Å². The highest BCUT2D eigenvalue weighted by atomic mass is 19.1. The monoisotopic (exact) mass is 248 g/mol. The molecule has 1 aromatic carbocycles. The van der Waals surface area contributed by atoms with Crippen LogP contribution in [-0.4, -0.2) is 12.1 Å². The summed E-state index contributed by atoms with van der Waals surface area (Å²) < 4.78 is 13.3. The highest BCUT2D eigenvalue weighted by Gasteiger charge is 2.20. The predicted octanol–water partition coefficient (Wildman–Crippen LogP) is 2.86. The number of halogens is 1. The second-order valence-electron chi connectivity index (χ2n) is 4.59. The lowest BCUT2D eigenvalue weighted by atomic mass is 9.89. The molecule has 1 aromatic rings. The first kappa shape index (κ1) is 12.7. The minimum Gasteiger partial charge on any atom is -0.273 e. The van der Waals surface area contributed by atoms with E-state index in [1.807, 2.05) is 0 Å². The number of hydrogen-bond donors (Lipinski definition) is 1. The Hall–Kier alpha value is -1.71. The van der Waals surface area contributed by atoms with E-state index < -0.39 is 0 Å². The molecule has 0 unspecified atom stereocenters. The zero-order valence-corrected chi connectivity index (χ0v) is 10.2. The van der Waals surface area contributed by atoms with E-state index in [9.17, 15) is 9.18 Å². The van der Waals surface area contributed by atoms with Crippen molar-refractivity contribution in [2.24, 2.45) is 11.0 Å². The molecule has 0 radical (unpaired) electrons. The summed E-state index contributed by atoms with van der Waals surface area (Å²) in [6.45, 7) is 0. The molecule has 0 saturated heterocycles. The Balaban J connectivity index is 1.87. The molecular formula is C14H17FN2O. The van der Waals surface area contributed by atoms with Crippen molar-refractivity contribution >= 4 is 12.1 Å². The van der Waals surface area contributed by atoms with Crippen LogP contribution >= 0.6 is 0 Å². The first-order chi connectivity index (χ1) is 8.77. The topological polar surface area (TPSA) is 41.5 Å². The van der Waals surface area contributed by atoms with E-state index in [0.717, 1.165) is 25.7 Å². The van der Waals surface area contributed by atoms with E-state index in [2.05, 4.69) is 10.5 Å². The van der Waals surface area contributed by atoms with Crippen LogP contribution in [0.1, 0.15) is 37.7 Å². The molecule has 0 atom stereocenters. The SMILES string of the molecule is O=C(N/N=C/c1ccccc1F)C1CCCCC1. The molecule has 0 bridgehead atoms. The maximum atomic E-state index is 13.3. The molecule has 18 heavy (non-hydrogen) atoms. The second-order valence-corrected chi connectivity index (χ2v) is 4.59. The molecule has 1 amide bonds. The van der Waals surface area contributed by atoms with Crippen molar-refractivity contribution in [3.63, 3.8) is 0 Å². The highest BCUT2D eigenvalue weighted by Crippen LogP contribution is 2.23. The molecule has 0 heterocycles. The zero-order valence-electron chi connectivity index (χ0n) is 10.2. The van der Waals surface area contributed by atoms with Gasteiger partial charge in [-0.25, -0.2) is 9.82 Å². The number of nitrogens with one attached hydrogen (secondary N) is 1. The van der Waals surface area contributed by atoms with Crippen molar-refractivity contribution in [3.05, 3.63) is 35.6 Å². The normalized spacial score (nSPS) is 16.9. The molecule has 0 aromatic heterocycles. The maximum Gasteiger partial charge on any atom is 0.243 e. The average Bonchev–Trinajstić information content (AvgIpc) is 2.42. The summed E-state index contributed by atoms with van der Waals surface area (Å²) in [6.07, 6.45) is 6.63. The summed E-state index contributed by atoms with van der Waals surface area (Å²) in [6, 6.07) is 6.33. The van der Waals surface area contributed by atoms with Crippen LogP contribution in [0.25, 0.3) is 0 Å². The Morgan fingerprint density at radius 1 is 1.28 bits per heavy atom. The third-order valence-corrected chi connectivity index (χ3v) is 3.26. The lowest BCUT2D eigenvalue weighted by molar-refractivity contribution is -0.125. The number of hydrazone groups is 1. The fourth-order valence-corrected chi connectivity index (χ4v) is 2.20. The quantitative estimate of drug-likeness (QED) is 0.648. The van der Waals surface area contributed by atoms with Crippen LogP contribution in [0.15, 0.2) is 29.4 Å². The first-order valence-electron chi connectivity index (χ1n) is 6.35. The van der Waals surface area contributed by atoms with Crippen molar-refractivity contribution in [1.82, 2.24) is 5.43 Å². The smallest absolute Gasteiger partial charge is 0.243 e. The van der Waals surface area contributed by atoms with Gasteiger partial charge in [0, 0.05) is 11.5 Å². The van der Waals surface area contributed by atoms with Crippen LogP contribution < -0.4 is 5.43 Å². The van der Waals surface area contributed by atoms with E-state index in [1.165, 1.54) is 18.7 Å². The van der Waals surface area contributed by atoms with Gasteiger partial charge in [0.25, 0.3) is 0 Å². The third kappa shape index (κ3) is 3.39. The van der Waals surface area contributed by atoms with E-state index >= 15 is 0 Å². The molecule has 96 valence electrons. The maximum absolute atomic E-state index is 13.3. The van der Waals surface area contributed by atoms with Gasteiger partial charge in [-0.2, -0.15) is 5.10 Å². The minimum absolute atomic E-state index is 0.0534. The van der Waals surface area contributed by atoms with Crippen LogP contribution in [0.2, 0.25) is 0 Å². The van der Waals surface area contributed by atoms with Gasteiger partial charge in [-0.3, -0.25) is 4.79 Å². The molecular weight excluding hydrogens is 231 g/mol. The Kier molecular flexibility index (Phi) is 4.45. The summed E-state index contributed by atoms with van der Waals surface area (Å²) in [5, 5.41) is 3.81. The third-order valence-electron chi connectivity index (χ3n) is 3.26. The number of carbonyl (C=O) groups excluding carboxylic acids is 1. The van der Waals surface area contributed by atoms with Gasteiger partial charge in [0.15, 0.2) is 0 Å². The summed E-state index contributed by atoms with van der Waals surface area (Å²) in [4.78, 5) is 11.8. The molecule has 1 N–H and O–H groups in total. The van der Waals surface area contributed by atoms with E-state index in [1.54, 1.807) is 18.2 Å². The summed E-state index contributed by atoms with van der Waals surface area (Å²) >= 11 is 0. The van der Waals surface area contributed by atoms with Crippen LogP contribution in [0.4, 0.5) is 4.39 Å². The second kappa shape index (κ2) is 6.28. The molecule has 3 nitrogen and oxygen atoms in total. The van der Waals surface area contributed by atoms with Gasteiger partial charge in [-0.05, 0) is 18.9 Å². The summed E-state index contributed by atoms with van der Waals surface area (Å²) in [5.74, 6) is -0.327. The van der Waals surface area contributed by atoms with Crippen molar-refractivity contribution in [2.45, 2.75) is 32.1 Å². The molecule has 1 aliphatic rings. The standard InChI is InChI=1S/C14H17FN2O/c15-13-9-5-4-8-12(13)10-16-17-14(18)11-6-2-1-3-7-11/h4-5,8-11H,1-3,6-7H2,(H,17,18)/b16-10+. The Labute approximate surface area is 106 Å². The van der Waals surface area contributed by atoms with Crippen molar-refractivity contribution in [3.8, 4) is 0 Å². The Bertz CT molecular complexity index is 439. The van der Waals surface area contributed by atoms with Gasteiger partial charge in [0.05, 0.1) is 6.21 Å². The Morgan fingerprint density at radius 3 is 2.72 bits per heavy atom. The lowest BCUT2D eigenvalue weighted by Gasteiger charge is -2.19. The number of amides is 1. The van der Waals surface area contributed by atoms with Crippen molar-refractivity contribution in [2.75, 3.05) is 0 Å². The molecule has 2 rings (SSSR count). The molecule has 1 fully saturated rings.